The van der Waals surface area contributed by atoms with Crippen LogP contribution in [-0.4, -0.2) is 9.97 Å². The van der Waals surface area contributed by atoms with Crippen LogP contribution >= 0.6 is 0 Å². The van der Waals surface area contributed by atoms with Crippen LogP contribution in [0.2, 0.25) is 0 Å². The topological polar surface area (TPSA) is 77.8 Å². The number of fused-ring (bicyclic) bond motifs is 2. The van der Waals surface area contributed by atoms with Gasteiger partial charge in [0.05, 0.1) is 0 Å². The largest absolute Gasteiger partial charge is 0.384 e. The third-order valence-corrected chi connectivity index (χ3v) is 5.47. The van der Waals surface area contributed by atoms with Crippen LogP contribution in [0.3, 0.4) is 0 Å². The molecule has 1 aromatic rings. The van der Waals surface area contributed by atoms with Gasteiger partial charge < -0.3 is 11.5 Å². The van der Waals surface area contributed by atoms with Crippen molar-refractivity contribution in [2.45, 2.75) is 39.5 Å². The maximum Gasteiger partial charge on any atom is 0.136 e. The number of nitrogens with two attached hydrogens (primary N) is 2. The molecule has 3 aliphatic carbocycles. The second-order valence-corrected chi connectivity index (χ2v) is 6.64. The van der Waals surface area contributed by atoms with Gasteiger partial charge in [0.25, 0.3) is 0 Å². The first-order valence-corrected chi connectivity index (χ1v) is 6.79. The third-order valence-electron chi connectivity index (χ3n) is 5.47. The number of aromatic nitrogens is 2. The van der Waals surface area contributed by atoms with Crippen molar-refractivity contribution in [3.63, 3.8) is 0 Å². The Morgan fingerprint density at radius 1 is 1.17 bits per heavy atom. The summed E-state index contributed by atoms with van der Waals surface area (Å²) in [7, 11) is 0. The zero-order valence-corrected chi connectivity index (χ0v) is 11.4. The van der Waals surface area contributed by atoms with E-state index in [1.807, 2.05) is 0 Å². The monoisotopic (exact) mass is 246 g/mol. The minimum atomic E-state index is 0.424. The summed E-state index contributed by atoms with van der Waals surface area (Å²) in [5.41, 5.74) is 12.0. The van der Waals surface area contributed by atoms with Gasteiger partial charge in [0.1, 0.15) is 17.5 Å². The van der Waals surface area contributed by atoms with Crippen molar-refractivity contribution in [3.8, 4) is 0 Å². The van der Waals surface area contributed by atoms with E-state index < -0.39 is 0 Å². The molecule has 0 saturated heterocycles. The zero-order valence-electron chi connectivity index (χ0n) is 11.4. The molecule has 0 amide bonds. The number of nitrogens with zero attached hydrogens (tertiary/aromatic N) is 2. The van der Waals surface area contributed by atoms with Gasteiger partial charge in [0, 0.05) is 12.0 Å². The molecule has 0 aliphatic heterocycles. The third kappa shape index (κ3) is 1.51. The van der Waals surface area contributed by atoms with Gasteiger partial charge in [-0.15, -0.1) is 0 Å². The lowest BCUT2D eigenvalue weighted by Crippen LogP contribution is -2.54. The van der Waals surface area contributed by atoms with Crippen LogP contribution in [0.15, 0.2) is 6.07 Å². The van der Waals surface area contributed by atoms with Crippen LogP contribution in [0.1, 0.15) is 45.4 Å². The number of hydrogen-bond donors (Lipinski definition) is 2. The average molecular weight is 246 g/mol. The van der Waals surface area contributed by atoms with Crippen molar-refractivity contribution < 1.29 is 0 Å². The normalized spacial score (nSPS) is 37.1. The summed E-state index contributed by atoms with van der Waals surface area (Å²) in [5.74, 6) is 4.46. The molecular formula is C14H22N4. The minimum Gasteiger partial charge on any atom is -0.384 e. The van der Waals surface area contributed by atoms with Crippen molar-refractivity contribution in [2.75, 3.05) is 11.5 Å². The lowest BCUT2D eigenvalue weighted by molar-refractivity contribution is -0.112. The molecule has 4 N–H and O–H groups in total. The summed E-state index contributed by atoms with van der Waals surface area (Å²) >= 11 is 0. The number of anilines is 2. The molecule has 3 aliphatic rings. The van der Waals surface area contributed by atoms with E-state index in [1.165, 1.54) is 12.8 Å². The fourth-order valence-electron chi connectivity index (χ4n) is 4.16. The fraction of sp³-hybridized carbons (Fsp3) is 0.714. The molecule has 3 saturated carbocycles. The highest BCUT2D eigenvalue weighted by atomic mass is 15.0. The zero-order chi connectivity index (χ0) is 13.1. The highest BCUT2D eigenvalue weighted by molar-refractivity contribution is 5.41. The first-order chi connectivity index (χ1) is 8.39. The summed E-state index contributed by atoms with van der Waals surface area (Å²) in [5, 5.41) is 0. The maximum atomic E-state index is 5.78. The van der Waals surface area contributed by atoms with E-state index in [9.17, 15) is 0 Å². The lowest BCUT2D eigenvalue weighted by Gasteiger charge is -2.61. The van der Waals surface area contributed by atoms with E-state index in [0.29, 0.717) is 28.9 Å². The number of rotatable bonds is 1. The van der Waals surface area contributed by atoms with Crippen molar-refractivity contribution in [2.24, 2.45) is 23.2 Å². The second kappa shape index (κ2) is 3.59. The van der Waals surface area contributed by atoms with Crippen LogP contribution in [0.25, 0.3) is 0 Å². The first kappa shape index (κ1) is 11.8. The molecule has 4 nitrogen and oxygen atoms in total. The Bertz CT molecular complexity index is 462. The Labute approximate surface area is 108 Å². The van der Waals surface area contributed by atoms with E-state index in [2.05, 4.69) is 30.7 Å². The van der Waals surface area contributed by atoms with Gasteiger partial charge in [-0.1, -0.05) is 20.8 Å². The van der Waals surface area contributed by atoms with Crippen LogP contribution in [-0.2, 0) is 0 Å². The summed E-state index contributed by atoms with van der Waals surface area (Å²) in [6, 6.07) is 1.63. The van der Waals surface area contributed by atoms with Crippen molar-refractivity contribution in [1.82, 2.24) is 9.97 Å². The Morgan fingerprint density at radius 2 is 1.78 bits per heavy atom. The molecular weight excluding hydrogens is 224 g/mol. The predicted octanol–water partition coefficient (Wildman–Crippen LogP) is 2.43. The summed E-state index contributed by atoms with van der Waals surface area (Å²) in [6.45, 7) is 7.12. The van der Waals surface area contributed by atoms with E-state index in [1.54, 1.807) is 6.07 Å². The van der Waals surface area contributed by atoms with Gasteiger partial charge in [0.2, 0.25) is 0 Å². The van der Waals surface area contributed by atoms with Crippen LogP contribution in [0.5, 0.6) is 0 Å². The molecule has 1 heterocycles. The lowest BCUT2D eigenvalue weighted by atomic mass is 9.43. The average Bonchev–Trinajstić information content (AvgIpc) is 2.26. The molecule has 4 rings (SSSR count). The Hall–Kier alpha value is -1.32. The molecule has 2 bridgehead atoms. The molecule has 3 fully saturated rings. The summed E-state index contributed by atoms with van der Waals surface area (Å²) in [6.07, 6.45) is 2.54. The van der Waals surface area contributed by atoms with Crippen molar-refractivity contribution in [3.05, 3.63) is 11.9 Å². The van der Waals surface area contributed by atoms with Crippen molar-refractivity contribution in [1.29, 1.82) is 0 Å². The molecule has 18 heavy (non-hydrogen) atoms. The molecule has 0 aromatic carbocycles. The van der Waals surface area contributed by atoms with Gasteiger partial charge in [0.15, 0.2) is 0 Å². The van der Waals surface area contributed by atoms with E-state index in [4.69, 9.17) is 11.5 Å². The van der Waals surface area contributed by atoms with E-state index >= 15 is 0 Å². The van der Waals surface area contributed by atoms with Gasteiger partial charge in [-0.25, -0.2) is 9.97 Å². The van der Waals surface area contributed by atoms with Gasteiger partial charge in [-0.05, 0) is 36.0 Å². The maximum absolute atomic E-state index is 5.78. The minimum absolute atomic E-state index is 0.424. The standard InChI is InChI=1S/C14H22N4/c1-7-9(4-8-5-10(7)14(8,2)3)13-17-11(15)6-12(16)18-13/h6-10H,4-5H2,1-3H3,(H4,15,16,17,18)/t7-,8+,9+,10-/m0/s1. The molecule has 0 spiro atoms. The number of nitrogen functional groups attached to an aromatic ring is 2. The molecule has 0 radical (unpaired) electrons. The van der Waals surface area contributed by atoms with Gasteiger partial charge >= 0.3 is 0 Å². The molecule has 4 atom stereocenters. The highest BCUT2D eigenvalue weighted by Gasteiger charge is 2.56. The Kier molecular flexibility index (Phi) is 2.34. The molecule has 4 heteroatoms. The van der Waals surface area contributed by atoms with Gasteiger partial charge in [-0.2, -0.15) is 0 Å². The molecule has 1 aromatic heterocycles. The van der Waals surface area contributed by atoms with Gasteiger partial charge in [-0.3, -0.25) is 0 Å². The predicted molar refractivity (Wildman–Crippen MR) is 72.8 cm³/mol. The Morgan fingerprint density at radius 3 is 2.28 bits per heavy atom. The number of hydrogen-bond acceptors (Lipinski definition) is 4. The van der Waals surface area contributed by atoms with E-state index in [0.717, 1.165) is 17.7 Å². The summed E-state index contributed by atoms with van der Waals surface area (Å²) < 4.78 is 0. The highest BCUT2D eigenvalue weighted by Crippen LogP contribution is 2.64. The first-order valence-electron chi connectivity index (χ1n) is 6.79. The van der Waals surface area contributed by atoms with Crippen molar-refractivity contribution >= 4 is 11.6 Å². The SMILES string of the molecule is C[C@H]1[C@H](c2nc(N)cc(N)n2)C[C@@H]2C[C@@H]1C2(C)C. The van der Waals surface area contributed by atoms with Crippen LogP contribution < -0.4 is 11.5 Å². The Balaban J connectivity index is 1.91. The van der Waals surface area contributed by atoms with E-state index in [-0.39, 0.29) is 0 Å². The quantitative estimate of drug-likeness (QED) is 0.797. The van der Waals surface area contributed by atoms with Crippen LogP contribution in [0, 0.1) is 23.2 Å². The fourth-order valence-corrected chi connectivity index (χ4v) is 4.16. The summed E-state index contributed by atoms with van der Waals surface area (Å²) in [4.78, 5) is 8.80. The second-order valence-electron chi connectivity index (χ2n) is 6.64. The molecule has 0 unspecified atom stereocenters. The van der Waals surface area contributed by atoms with Crippen LogP contribution in [0.4, 0.5) is 11.6 Å². The smallest absolute Gasteiger partial charge is 0.136 e. The molecule has 98 valence electrons.